The molecule has 51 heavy (non-hydrogen) atoms. The number of unbranched alkanes of at least 4 members (excludes halogenated alkanes) is 30. The van der Waals surface area contributed by atoms with E-state index in [2.05, 4.69) is 13.8 Å². The summed E-state index contributed by atoms with van der Waals surface area (Å²) in [4.78, 5) is 27.7. The van der Waals surface area contributed by atoms with Crippen LogP contribution < -0.4 is 5.73 Å². The Kier molecular flexibility index (Phi) is 36.5. The van der Waals surface area contributed by atoms with Crippen LogP contribution in [0.5, 0.6) is 0 Å². The van der Waals surface area contributed by atoms with Crippen LogP contribution in [0.25, 0.3) is 0 Å². The SMILES string of the molecule is CCCCCCCCCCCCCCCCCCN(CCCCCCCCCCCCCCCCCC)C(=O)C(N)C(=O)[C@@H](O)[C@@H](O)[C@H](O)CO. The average molecular weight is 727 g/mol. The van der Waals surface area contributed by atoms with Crippen LogP contribution in [0.1, 0.15) is 219 Å². The Balaban J connectivity index is 4.37. The molecule has 0 heterocycles. The van der Waals surface area contributed by atoms with Crippen LogP contribution in [0.4, 0.5) is 0 Å². The van der Waals surface area contributed by atoms with Crippen molar-refractivity contribution in [3.63, 3.8) is 0 Å². The number of Topliss-reactive ketones (excluding diaryl/α,β-unsaturated/α-hetero) is 1. The summed E-state index contributed by atoms with van der Waals surface area (Å²) >= 11 is 0. The van der Waals surface area contributed by atoms with Crippen LogP contribution in [0.15, 0.2) is 0 Å². The maximum Gasteiger partial charge on any atom is 0.247 e. The summed E-state index contributed by atoms with van der Waals surface area (Å²) in [5.41, 5.74) is 6.01. The number of rotatable bonds is 40. The van der Waals surface area contributed by atoms with Gasteiger partial charge in [-0.25, -0.2) is 0 Å². The van der Waals surface area contributed by atoms with Gasteiger partial charge in [-0.15, -0.1) is 0 Å². The summed E-state index contributed by atoms with van der Waals surface area (Å²) in [6.07, 6.45) is 35.0. The minimum atomic E-state index is -2.04. The standard InChI is InChI=1S/C43H86N2O6/c1-3-5-7-9-11-13-15-17-19-21-23-25-27-29-31-33-35-45(43(51)39(44)41(49)42(50)40(48)38(47)37-46)36-34-32-30-28-26-24-22-20-18-16-14-12-10-8-6-4-2/h38-40,42,46-48,50H,3-37,44H2,1-2H3/t38-,39?,40+,42+/m1/s1. The molecule has 1 unspecified atom stereocenters. The van der Waals surface area contributed by atoms with E-state index in [0.717, 1.165) is 38.5 Å². The number of nitrogens with two attached hydrogens (primary N) is 1. The Labute approximate surface area is 315 Å². The van der Waals surface area contributed by atoms with E-state index in [1.54, 1.807) is 4.90 Å². The summed E-state index contributed by atoms with van der Waals surface area (Å²) in [5.74, 6) is -1.59. The molecular weight excluding hydrogens is 640 g/mol. The molecule has 0 aromatic carbocycles. The van der Waals surface area contributed by atoms with Gasteiger partial charge in [0.05, 0.1) is 6.61 Å². The Morgan fingerprint density at radius 1 is 0.471 bits per heavy atom. The fraction of sp³-hybridized carbons (Fsp3) is 0.953. The zero-order valence-corrected chi connectivity index (χ0v) is 33.7. The van der Waals surface area contributed by atoms with E-state index in [0.29, 0.717) is 13.1 Å². The smallest absolute Gasteiger partial charge is 0.247 e. The number of aliphatic hydroxyl groups excluding tert-OH is 4. The number of amides is 1. The molecular formula is C43H86N2O6. The topological polar surface area (TPSA) is 144 Å². The lowest BCUT2D eigenvalue weighted by atomic mass is 9.99. The van der Waals surface area contributed by atoms with Gasteiger partial charge in [0.25, 0.3) is 0 Å². The number of carbonyl (C=O) groups excluding carboxylic acids is 2. The van der Waals surface area contributed by atoms with Gasteiger partial charge in [-0.3, -0.25) is 9.59 Å². The lowest BCUT2D eigenvalue weighted by Gasteiger charge is -2.28. The quantitative estimate of drug-likeness (QED) is 0.0313. The van der Waals surface area contributed by atoms with Crippen LogP contribution in [-0.4, -0.2) is 81.1 Å². The molecule has 6 N–H and O–H groups in total. The van der Waals surface area contributed by atoms with Crippen LogP contribution in [0.2, 0.25) is 0 Å². The Morgan fingerprint density at radius 2 is 0.725 bits per heavy atom. The first kappa shape index (κ1) is 49.9. The van der Waals surface area contributed by atoms with Crippen molar-refractivity contribution in [2.24, 2.45) is 5.73 Å². The van der Waals surface area contributed by atoms with E-state index >= 15 is 0 Å². The summed E-state index contributed by atoms with van der Waals surface area (Å²) in [6, 6.07) is -1.62. The second-order valence-corrected chi connectivity index (χ2v) is 15.5. The molecule has 0 aromatic rings. The molecule has 0 spiro atoms. The first-order valence-electron chi connectivity index (χ1n) is 22.0. The maximum atomic E-state index is 13.3. The molecule has 0 radical (unpaired) electrons. The number of hydrogen-bond acceptors (Lipinski definition) is 7. The molecule has 8 nitrogen and oxygen atoms in total. The molecule has 0 saturated carbocycles. The van der Waals surface area contributed by atoms with E-state index in [1.807, 2.05) is 0 Å². The highest BCUT2D eigenvalue weighted by molar-refractivity contribution is 6.07. The van der Waals surface area contributed by atoms with Gasteiger partial charge in [0.1, 0.15) is 24.4 Å². The Morgan fingerprint density at radius 3 is 0.980 bits per heavy atom. The molecule has 0 aliphatic carbocycles. The fourth-order valence-corrected chi connectivity index (χ4v) is 7.02. The van der Waals surface area contributed by atoms with E-state index in [9.17, 15) is 24.9 Å². The molecule has 0 rings (SSSR count). The monoisotopic (exact) mass is 727 g/mol. The zero-order chi connectivity index (χ0) is 37.8. The zero-order valence-electron chi connectivity index (χ0n) is 33.7. The second kappa shape index (κ2) is 37.3. The van der Waals surface area contributed by atoms with Gasteiger partial charge in [-0.1, -0.05) is 206 Å². The highest BCUT2D eigenvalue weighted by atomic mass is 16.4. The molecule has 0 bridgehead atoms. The molecule has 0 aromatic heterocycles. The molecule has 1 amide bonds. The van der Waals surface area contributed by atoms with Crippen molar-refractivity contribution in [3.8, 4) is 0 Å². The molecule has 8 heteroatoms. The molecule has 0 fully saturated rings. The van der Waals surface area contributed by atoms with Crippen molar-refractivity contribution < 1.29 is 30.0 Å². The normalized spacial score (nSPS) is 14.0. The van der Waals surface area contributed by atoms with Gasteiger partial charge in [0.2, 0.25) is 5.91 Å². The number of hydrogen-bond donors (Lipinski definition) is 5. The number of aliphatic hydroxyl groups is 4. The van der Waals surface area contributed by atoms with Crippen LogP contribution in [-0.2, 0) is 9.59 Å². The van der Waals surface area contributed by atoms with Crippen LogP contribution in [0.3, 0.4) is 0 Å². The first-order chi connectivity index (χ1) is 24.8. The van der Waals surface area contributed by atoms with Crippen molar-refractivity contribution in [1.82, 2.24) is 4.90 Å². The third-order valence-electron chi connectivity index (χ3n) is 10.6. The van der Waals surface area contributed by atoms with E-state index in [-0.39, 0.29) is 0 Å². The summed E-state index contributed by atoms with van der Waals surface area (Å²) < 4.78 is 0. The Hall–Kier alpha value is -1.06. The van der Waals surface area contributed by atoms with Gasteiger partial charge in [0, 0.05) is 13.1 Å². The minimum Gasteiger partial charge on any atom is -0.394 e. The number of carbonyl (C=O) groups is 2. The van der Waals surface area contributed by atoms with Crippen molar-refractivity contribution in [2.45, 2.75) is 244 Å². The lowest BCUT2D eigenvalue weighted by Crippen LogP contribution is -2.55. The lowest BCUT2D eigenvalue weighted by molar-refractivity contribution is -0.148. The highest BCUT2D eigenvalue weighted by Gasteiger charge is 2.37. The molecule has 0 saturated heterocycles. The van der Waals surface area contributed by atoms with Crippen molar-refractivity contribution >= 4 is 11.7 Å². The van der Waals surface area contributed by atoms with Crippen molar-refractivity contribution in [1.29, 1.82) is 0 Å². The van der Waals surface area contributed by atoms with E-state index in [4.69, 9.17) is 10.8 Å². The summed E-state index contributed by atoms with van der Waals surface area (Å²) in [6.45, 7) is 4.73. The maximum absolute atomic E-state index is 13.3. The summed E-state index contributed by atoms with van der Waals surface area (Å²) in [5, 5.41) is 38.9. The predicted molar refractivity (Wildman–Crippen MR) is 214 cm³/mol. The third kappa shape index (κ3) is 29.0. The molecule has 304 valence electrons. The fourth-order valence-electron chi connectivity index (χ4n) is 7.02. The van der Waals surface area contributed by atoms with Crippen molar-refractivity contribution in [3.05, 3.63) is 0 Å². The number of ketones is 1. The molecule has 0 aliphatic heterocycles. The Bertz CT molecular complexity index is 733. The minimum absolute atomic E-state index is 0.509. The largest absolute Gasteiger partial charge is 0.394 e. The van der Waals surface area contributed by atoms with Gasteiger partial charge in [-0.2, -0.15) is 0 Å². The van der Waals surface area contributed by atoms with Crippen molar-refractivity contribution in [2.75, 3.05) is 19.7 Å². The summed E-state index contributed by atoms with van der Waals surface area (Å²) in [7, 11) is 0. The van der Waals surface area contributed by atoms with Gasteiger partial charge in [0.15, 0.2) is 5.78 Å². The van der Waals surface area contributed by atoms with Gasteiger partial charge in [-0.05, 0) is 12.8 Å². The van der Waals surface area contributed by atoms with E-state index < -0.39 is 42.7 Å². The van der Waals surface area contributed by atoms with Gasteiger partial charge >= 0.3 is 0 Å². The van der Waals surface area contributed by atoms with Gasteiger partial charge < -0.3 is 31.1 Å². The van der Waals surface area contributed by atoms with Crippen LogP contribution >= 0.6 is 0 Å². The number of nitrogens with zero attached hydrogens (tertiary/aromatic N) is 1. The predicted octanol–water partition coefficient (Wildman–Crippen LogP) is 9.31. The average Bonchev–Trinajstić information content (AvgIpc) is 3.14. The first-order valence-corrected chi connectivity index (χ1v) is 22.0. The third-order valence-corrected chi connectivity index (χ3v) is 10.6. The second-order valence-electron chi connectivity index (χ2n) is 15.5. The van der Waals surface area contributed by atoms with Crippen LogP contribution in [0, 0.1) is 0 Å². The molecule has 0 aliphatic rings. The van der Waals surface area contributed by atoms with E-state index in [1.165, 1.54) is 167 Å². The highest BCUT2D eigenvalue weighted by Crippen LogP contribution is 2.16. The molecule has 4 atom stereocenters.